The van der Waals surface area contributed by atoms with Gasteiger partial charge in [-0.25, -0.2) is 0 Å². The SMILES string of the molecule is Cc1ccncc1C(=O)N1CCCCC1CCn1cc(-c2ccccc2)nn1. The summed E-state index contributed by atoms with van der Waals surface area (Å²) >= 11 is 0. The lowest BCUT2D eigenvalue weighted by atomic mass is 9.97. The van der Waals surface area contributed by atoms with E-state index >= 15 is 0 Å². The number of rotatable bonds is 5. The second-order valence-electron chi connectivity index (χ2n) is 7.36. The molecule has 1 unspecified atom stereocenters. The molecule has 3 heterocycles. The van der Waals surface area contributed by atoms with Crippen LogP contribution in [0.1, 0.15) is 41.6 Å². The zero-order valence-electron chi connectivity index (χ0n) is 16.2. The summed E-state index contributed by atoms with van der Waals surface area (Å²) in [6, 6.07) is 12.2. The van der Waals surface area contributed by atoms with Crippen LogP contribution in [-0.4, -0.2) is 43.4 Å². The van der Waals surface area contributed by atoms with Gasteiger partial charge in [-0.1, -0.05) is 35.5 Å². The number of likely N-dealkylation sites (tertiary alicyclic amines) is 1. The summed E-state index contributed by atoms with van der Waals surface area (Å²) in [6.07, 6.45) is 9.53. The normalized spacial score (nSPS) is 16.9. The van der Waals surface area contributed by atoms with Crippen LogP contribution in [0, 0.1) is 6.92 Å². The summed E-state index contributed by atoms with van der Waals surface area (Å²) in [5.74, 6) is 0.0962. The molecule has 3 aromatic rings. The van der Waals surface area contributed by atoms with Gasteiger partial charge in [0.05, 0.1) is 11.8 Å². The van der Waals surface area contributed by atoms with Gasteiger partial charge >= 0.3 is 0 Å². The largest absolute Gasteiger partial charge is 0.336 e. The van der Waals surface area contributed by atoms with Crippen LogP contribution < -0.4 is 0 Å². The van der Waals surface area contributed by atoms with Gasteiger partial charge in [-0.15, -0.1) is 5.10 Å². The van der Waals surface area contributed by atoms with Gasteiger partial charge in [0.2, 0.25) is 0 Å². The third-order valence-corrected chi connectivity index (χ3v) is 5.46. The van der Waals surface area contributed by atoms with E-state index in [-0.39, 0.29) is 11.9 Å². The molecule has 0 N–H and O–H groups in total. The molecule has 1 amide bonds. The van der Waals surface area contributed by atoms with Crippen LogP contribution in [0.15, 0.2) is 55.0 Å². The zero-order valence-corrected chi connectivity index (χ0v) is 16.2. The van der Waals surface area contributed by atoms with Crippen LogP contribution >= 0.6 is 0 Å². The van der Waals surface area contributed by atoms with Crippen molar-refractivity contribution >= 4 is 5.91 Å². The highest BCUT2D eigenvalue weighted by Gasteiger charge is 2.28. The van der Waals surface area contributed by atoms with E-state index in [9.17, 15) is 4.79 Å². The fourth-order valence-electron chi connectivity index (χ4n) is 3.84. The Morgan fingerprint density at radius 2 is 2.04 bits per heavy atom. The molecule has 0 spiro atoms. The molecule has 144 valence electrons. The molecule has 1 atom stereocenters. The number of nitrogens with zero attached hydrogens (tertiary/aromatic N) is 5. The number of piperidine rings is 1. The second-order valence-corrected chi connectivity index (χ2v) is 7.36. The number of aryl methyl sites for hydroxylation is 2. The number of carbonyl (C=O) groups is 1. The van der Waals surface area contributed by atoms with Gasteiger partial charge in [0, 0.05) is 37.1 Å². The molecule has 6 nitrogen and oxygen atoms in total. The summed E-state index contributed by atoms with van der Waals surface area (Å²) in [7, 11) is 0. The fraction of sp³-hybridized carbons (Fsp3) is 0.364. The summed E-state index contributed by atoms with van der Waals surface area (Å²) in [5.41, 5.74) is 3.63. The van der Waals surface area contributed by atoms with E-state index in [4.69, 9.17) is 0 Å². The maximum atomic E-state index is 13.1. The first kappa shape index (κ1) is 18.3. The standard InChI is InChI=1S/C22H25N5O/c1-17-10-12-23-15-20(17)22(28)27-13-6-5-9-19(27)11-14-26-16-21(24-25-26)18-7-3-2-4-8-18/h2-4,7-8,10,12,15-16,19H,5-6,9,11,13-14H2,1H3. The van der Waals surface area contributed by atoms with E-state index < -0.39 is 0 Å². The Labute approximate surface area is 165 Å². The monoisotopic (exact) mass is 375 g/mol. The molecule has 1 aliphatic heterocycles. The van der Waals surface area contributed by atoms with Gasteiger partial charge in [-0.2, -0.15) is 0 Å². The lowest BCUT2D eigenvalue weighted by Gasteiger charge is -2.36. The van der Waals surface area contributed by atoms with Crippen LogP contribution in [0.2, 0.25) is 0 Å². The molecule has 4 rings (SSSR count). The third-order valence-electron chi connectivity index (χ3n) is 5.46. The van der Waals surface area contributed by atoms with Gasteiger partial charge in [-0.3, -0.25) is 14.5 Å². The molecule has 2 aromatic heterocycles. The first-order chi connectivity index (χ1) is 13.7. The van der Waals surface area contributed by atoms with Crippen molar-refractivity contribution in [3.8, 4) is 11.3 Å². The lowest BCUT2D eigenvalue weighted by Crippen LogP contribution is -2.44. The summed E-state index contributed by atoms with van der Waals surface area (Å²) in [5, 5.41) is 8.56. The Bertz CT molecular complexity index is 937. The van der Waals surface area contributed by atoms with Gasteiger partial charge in [-0.05, 0) is 44.2 Å². The Kier molecular flexibility index (Phi) is 5.46. The second kappa shape index (κ2) is 8.33. The average Bonchev–Trinajstić information content (AvgIpc) is 3.22. The van der Waals surface area contributed by atoms with Crippen molar-refractivity contribution in [2.24, 2.45) is 0 Å². The van der Waals surface area contributed by atoms with Gasteiger partial charge in [0.25, 0.3) is 5.91 Å². The Balaban J connectivity index is 1.44. The molecule has 1 aromatic carbocycles. The van der Waals surface area contributed by atoms with E-state index in [1.54, 1.807) is 12.4 Å². The molecule has 0 saturated carbocycles. The summed E-state index contributed by atoms with van der Waals surface area (Å²) < 4.78 is 1.88. The van der Waals surface area contributed by atoms with Crippen molar-refractivity contribution < 1.29 is 4.79 Å². The minimum atomic E-state index is 0.0962. The van der Waals surface area contributed by atoms with Crippen LogP contribution in [-0.2, 0) is 6.54 Å². The highest BCUT2D eigenvalue weighted by molar-refractivity contribution is 5.95. The predicted molar refractivity (Wildman–Crippen MR) is 108 cm³/mol. The molecular weight excluding hydrogens is 350 g/mol. The van der Waals surface area contributed by atoms with Crippen LogP contribution in [0.3, 0.4) is 0 Å². The van der Waals surface area contributed by atoms with Crippen molar-refractivity contribution in [3.63, 3.8) is 0 Å². The minimum absolute atomic E-state index is 0.0962. The maximum Gasteiger partial charge on any atom is 0.255 e. The Hall–Kier alpha value is -3.02. The van der Waals surface area contributed by atoms with Crippen molar-refractivity contribution in [2.75, 3.05) is 6.54 Å². The molecule has 0 bridgehead atoms. The van der Waals surface area contributed by atoms with E-state index in [0.717, 1.165) is 55.6 Å². The van der Waals surface area contributed by atoms with Gasteiger partial charge in [0.1, 0.15) is 5.69 Å². The Morgan fingerprint density at radius 3 is 2.86 bits per heavy atom. The quantitative estimate of drug-likeness (QED) is 0.682. The number of amides is 1. The zero-order chi connectivity index (χ0) is 19.3. The molecule has 6 heteroatoms. The lowest BCUT2D eigenvalue weighted by molar-refractivity contribution is 0.0592. The molecule has 28 heavy (non-hydrogen) atoms. The highest BCUT2D eigenvalue weighted by atomic mass is 16.2. The number of pyridine rings is 1. The number of carbonyl (C=O) groups excluding carboxylic acids is 1. The van der Waals surface area contributed by atoms with E-state index in [2.05, 4.69) is 15.3 Å². The number of hydrogen-bond acceptors (Lipinski definition) is 4. The van der Waals surface area contributed by atoms with Crippen molar-refractivity contribution in [1.29, 1.82) is 0 Å². The van der Waals surface area contributed by atoms with Crippen molar-refractivity contribution in [1.82, 2.24) is 24.9 Å². The first-order valence-corrected chi connectivity index (χ1v) is 9.89. The summed E-state index contributed by atoms with van der Waals surface area (Å²) in [4.78, 5) is 19.3. The Morgan fingerprint density at radius 1 is 1.18 bits per heavy atom. The van der Waals surface area contributed by atoms with E-state index in [0.29, 0.717) is 5.56 Å². The molecule has 0 aliphatic carbocycles. The van der Waals surface area contributed by atoms with Crippen LogP contribution in [0.25, 0.3) is 11.3 Å². The number of benzene rings is 1. The summed E-state index contributed by atoms with van der Waals surface area (Å²) in [6.45, 7) is 3.53. The third kappa shape index (κ3) is 3.96. The van der Waals surface area contributed by atoms with Crippen molar-refractivity contribution in [2.45, 2.75) is 45.2 Å². The molecule has 1 saturated heterocycles. The number of hydrogen-bond donors (Lipinski definition) is 0. The molecule has 0 radical (unpaired) electrons. The fourth-order valence-corrected chi connectivity index (χ4v) is 3.84. The molecule has 1 fully saturated rings. The van der Waals surface area contributed by atoms with Gasteiger partial charge in [0.15, 0.2) is 0 Å². The highest BCUT2D eigenvalue weighted by Crippen LogP contribution is 2.23. The number of aromatic nitrogens is 4. The average molecular weight is 375 g/mol. The maximum absolute atomic E-state index is 13.1. The van der Waals surface area contributed by atoms with Crippen molar-refractivity contribution in [3.05, 3.63) is 66.1 Å². The smallest absolute Gasteiger partial charge is 0.255 e. The minimum Gasteiger partial charge on any atom is -0.336 e. The predicted octanol–water partition coefficient (Wildman–Crippen LogP) is 3.73. The van der Waals surface area contributed by atoms with E-state index in [1.807, 2.05) is 59.1 Å². The van der Waals surface area contributed by atoms with Crippen LogP contribution in [0.5, 0.6) is 0 Å². The van der Waals surface area contributed by atoms with Gasteiger partial charge < -0.3 is 4.90 Å². The topological polar surface area (TPSA) is 63.9 Å². The molecular formula is C22H25N5O. The molecule has 1 aliphatic rings. The first-order valence-electron chi connectivity index (χ1n) is 9.89. The van der Waals surface area contributed by atoms with E-state index in [1.165, 1.54) is 0 Å². The van der Waals surface area contributed by atoms with Crippen LogP contribution in [0.4, 0.5) is 0 Å².